The molecule has 2 saturated carbocycles. The molecule has 32 heavy (non-hydrogen) atoms. The second-order valence-electron chi connectivity index (χ2n) is 9.85. The molecule has 2 bridgehead atoms. The zero-order valence-electron chi connectivity index (χ0n) is 18.8. The van der Waals surface area contributed by atoms with E-state index in [1.807, 2.05) is 12.1 Å². The van der Waals surface area contributed by atoms with Crippen molar-refractivity contribution in [3.8, 4) is 5.75 Å². The van der Waals surface area contributed by atoms with Crippen LogP contribution in [0.5, 0.6) is 5.75 Å². The van der Waals surface area contributed by atoms with Crippen LogP contribution in [0, 0.1) is 6.92 Å². The van der Waals surface area contributed by atoms with Gasteiger partial charge in [-0.1, -0.05) is 12.1 Å². The van der Waals surface area contributed by atoms with Crippen LogP contribution in [0.1, 0.15) is 68.4 Å². The fourth-order valence-electron chi connectivity index (χ4n) is 5.67. The summed E-state index contributed by atoms with van der Waals surface area (Å²) in [5, 5.41) is -0.275. The molecular formula is C24H34N2O5S. The molecule has 8 heteroatoms. The van der Waals surface area contributed by atoms with E-state index in [9.17, 15) is 13.2 Å². The molecule has 2 aliphatic carbocycles. The van der Waals surface area contributed by atoms with Gasteiger partial charge in [0.25, 0.3) is 5.91 Å². The van der Waals surface area contributed by atoms with Crippen molar-refractivity contribution in [1.29, 1.82) is 0 Å². The topological polar surface area (TPSA) is 84.9 Å². The van der Waals surface area contributed by atoms with Crippen LogP contribution in [0.15, 0.2) is 18.2 Å². The number of hydrogen-bond donors (Lipinski definition) is 1. The average Bonchev–Trinajstić information content (AvgIpc) is 3.62. The summed E-state index contributed by atoms with van der Waals surface area (Å²) >= 11 is 0. The van der Waals surface area contributed by atoms with Gasteiger partial charge in [0.15, 0.2) is 6.61 Å². The Balaban J connectivity index is 1.41. The summed E-state index contributed by atoms with van der Waals surface area (Å²) in [5.74, 6) is 1.12. The number of benzene rings is 1. The van der Waals surface area contributed by atoms with E-state index in [0.717, 1.165) is 57.1 Å². The molecule has 5 aliphatic rings. The lowest BCUT2D eigenvalue weighted by Crippen LogP contribution is -2.60. The number of hydrogen-bond acceptors (Lipinski definition) is 5. The van der Waals surface area contributed by atoms with Gasteiger partial charge < -0.3 is 14.4 Å². The quantitative estimate of drug-likeness (QED) is 0.747. The number of ether oxygens (including phenoxy) is 2. The third-order valence-corrected chi connectivity index (χ3v) is 9.58. The number of carbonyl (C=O) groups is 1. The summed E-state index contributed by atoms with van der Waals surface area (Å²) in [7, 11) is -3.34. The van der Waals surface area contributed by atoms with Crippen LogP contribution in [-0.4, -0.2) is 62.4 Å². The van der Waals surface area contributed by atoms with Crippen molar-refractivity contribution in [1.82, 2.24) is 9.62 Å². The Morgan fingerprint density at radius 2 is 1.84 bits per heavy atom. The van der Waals surface area contributed by atoms with Crippen LogP contribution in [0.2, 0.25) is 0 Å². The average molecular weight is 463 g/mol. The molecule has 3 heterocycles. The Hall–Kier alpha value is -1.64. The van der Waals surface area contributed by atoms with E-state index in [-0.39, 0.29) is 36.0 Å². The second kappa shape index (κ2) is 8.95. The highest BCUT2D eigenvalue weighted by atomic mass is 32.2. The van der Waals surface area contributed by atoms with E-state index in [4.69, 9.17) is 9.47 Å². The molecule has 1 unspecified atom stereocenters. The van der Waals surface area contributed by atoms with Crippen molar-refractivity contribution >= 4 is 15.9 Å². The second-order valence-corrected chi connectivity index (χ2v) is 11.8. The van der Waals surface area contributed by atoms with E-state index < -0.39 is 10.0 Å². The number of aryl methyl sites for hydroxylation is 1. The van der Waals surface area contributed by atoms with E-state index in [0.29, 0.717) is 19.1 Å². The normalized spacial score (nSPS) is 31.5. The number of fused-ring (bicyclic) bond motifs is 5. The molecule has 2 atom stereocenters. The smallest absolute Gasteiger partial charge is 0.260 e. The van der Waals surface area contributed by atoms with Gasteiger partial charge in [-0.15, -0.1) is 0 Å². The fraction of sp³-hybridized carbons (Fsp3) is 0.708. The number of piperidine rings is 1. The number of amides is 1. The molecule has 3 fully saturated rings. The van der Waals surface area contributed by atoms with E-state index in [2.05, 4.69) is 17.7 Å². The van der Waals surface area contributed by atoms with Gasteiger partial charge in [0.05, 0.1) is 24.0 Å². The molecule has 176 valence electrons. The zero-order valence-corrected chi connectivity index (χ0v) is 19.6. The van der Waals surface area contributed by atoms with Crippen molar-refractivity contribution in [2.75, 3.05) is 19.8 Å². The molecule has 6 rings (SSSR count). The molecular weight excluding hydrogens is 428 g/mol. The first-order valence-corrected chi connectivity index (χ1v) is 13.6. The Bertz CT molecular complexity index is 953. The number of rotatable bonds is 3. The predicted octanol–water partition coefficient (Wildman–Crippen LogP) is 2.87. The highest BCUT2D eigenvalue weighted by molar-refractivity contribution is 7.90. The lowest BCUT2D eigenvalue weighted by molar-refractivity contribution is -0.140. The molecule has 0 radical (unpaired) electrons. The van der Waals surface area contributed by atoms with Gasteiger partial charge in [0.2, 0.25) is 10.0 Å². The number of carbonyl (C=O) groups excluding carboxylic acids is 1. The lowest BCUT2D eigenvalue weighted by Gasteiger charge is -2.42. The van der Waals surface area contributed by atoms with Crippen LogP contribution >= 0.6 is 0 Å². The summed E-state index contributed by atoms with van der Waals surface area (Å²) in [4.78, 5) is 15.0. The number of nitrogens with zero attached hydrogens (tertiary/aromatic N) is 1. The van der Waals surface area contributed by atoms with Crippen molar-refractivity contribution in [3.05, 3.63) is 29.3 Å². The molecule has 3 aliphatic heterocycles. The van der Waals surface area contributed by atoms with Crippen LogP contribution in [0.4, 0.5) is 0 Å². The maximum atomic E-state index is 13.2. The molecule has 7 nitrogen and oxygen atoms in total. The highest BCUT2D eigenvalue weighted by Crippen LogP contribution is 2.40. The van der Waals surface area contributed by atoms with Gasteiger partial charge in [-0.05, 0) is 75.8 Å². The molecule has 0 aromatic heterocycles. The predicted molar refractivity (Wildman–Crippen MR) is 121 cm³/mol. The SMILES string of the molecule is Cc1cccc2c1C1CCC(CC1)OCC1[C@@H](NS(=O)(=O)C3CC3)CCCN1C(=O)CO2. The van der Waals surface area contributed by atoms with Crippen molar-refractivity contribution in [2.45, 2.75) is 87.6 Å². The van der Waals surface area contributed by atoms with Gasteiger partial charge in [-0.2, -0.15) is 0 Å². The van der Waals surface area contributed by atoms with Gasteiger partial charge in [-0.3, -0.25) is 4.79 Å². The van der Waals surface area contributed by atoms with Crippen molar-refractivity contribution < 1.29 is 22.7 Å². The van der Waals surface area contributed by atoms with E-state index in [1.165, 1.54) is 11.1 Å². The van der Waals surface area contributed by atoms with Crippen LogP contribution in [0.25, 0.3) is 0 Å². The molecule has 1 aromatic carbocycles. The Morgan fingerprint density at radius 3 is 2.59 bits per heavy atom. The molecule has 1 N–H and O–H groups in total. The van der Waals surface area contributed by atoms with Gasteiger partial charge >= 0.3 is 0 Å². The fourth-order valence-corrected chi connectivity index (χ4v) is 7.32. The Morgan fingerprint density at radius 1 is 1.06 bits per heavy atom. The monoisotopic (exact) mass is 462 g/mol. The van der Waals surface area contributed by atoms with Crippen LogP contribution in [0.3, 0.4) is 0 Å². The third-order valence-electron chi connectivity index (χ3n) is 7.60. The summed E-state index contributed by atoms with van der Waals surface area (Å²) < 4.78 is 40.7. The first-order valence-electron chi connectivity index (χ1n) is 12.1. The molecule has 1 aromatic rings. The maximum Gasteiger partial charge on any atom is 0.260 e. The minimum atomic E-state index is -3.34. The first kappa shape index (κ1) is 22.2. The summed E-state index contributed by atoms with van der Waals surface area (Å²) in [6, 6.07) is 5.45. The maximum absolute atomic E-state index is 13.2. The standard InChI is InChI=1S/C24H34N2O5S/c1-16-4-2-6-22-24(16)17-7-9-18(10-8-17)30-14-21-20(25-32(28,29)19-11-12-19)5-3-13-26(21)23(27)15-31-22/h2,4,6,17-21,25H,3,5,7-15H2,1H3/t17?,18?,20-,21?/m0/s1. The minimum absolute atomic E-state index is 0.0365. The molecule has 1 amide bonds. The van der Waals surface area contributed by atoms with Crippen molar-refractivity contribution in [3.63, 3.8) is 0 Å². The number of nitrogens with one attached hydrogen (secondary N) is 1. The van der Waals surface area contributed by atoms with Crippen LogP contribution < -0.4 is 9.46 Å². The minimum Gasteiger partial charge on any atom is -0.483 e. The zero-order chi connectivity index (χ0) is 22.3. The molecule has 1 saturated heterocycles. The van der Waals surface area contributed by atoms with Gasteiger partial charge in [0, 0.05) is 18.2 Å². The van der Waals surface area contributed by atoms with E-state index in [1.54, 1.807) is 4.90 Å². The molecule has 0 spiro atoms. The largest absolute Gasteiger partial charge is 0.483 e. The Kier molecular flexibility index (Phi) is 6.20. The summed E-state index contributed by atoms with van der Waals surface area (Å²) in [5.41, 5.74) is 2.43. The van der Waals surface area contributed by atoms with Crippen LogP contribution in [-0.2, 0) is 19.6 Å². The summed E-state index contributed by atoms with van der Waals surface area (Å²) in [6.07, 6.45) is 7.09. The van der Waals surface area contributed by atoms with E-state index >= 15 is 0 Å². The van der Waals surface area contributed by atoms with Gasteiger partial charge in [0.1, 0.15) is 5.75 Å². The van der Waals surface area contributed by atoms with Crippen molar-refractivity contribution in [2.24, 2.45) is 0 Å². The lowest BCUT2D eigenvalue weighted by atomic mass is 9.80. The Labute approximate surface area is 190 Å². The highest BCUT2D eigenvalue weighted by Gasteiger charge is 2.42. The first-order chi connectivity index (χ1) is 15.4. The van der Waals surface area contributed by atoms with Gasteiger partial charge in [-0.25, -0.2) is 13.1 Å². The summed E-state index contributed by atoms with van der Waals surface area (Å²) in [6.45, 7) is 3.05. The third kappa shape index (κ3) is 4.54. The number of sulfonamides is 1.